The molecule has 3 aromatic rings. The highest BCUT2D eigenvalue weighted by Gasteiger charge is 2.31. The number of morpholine rings is 1. The van der Waals surface area contributed by atoms with E-state index in [1.165, 1.54) is 52.8 Å². The number of hydrogen-bond acceptors (Lipinski definition) is 5. The topological polar surface area (TPSA) is 84.9 Å². The van der Waals surface area contributed by atoms with Crippen molar-refractivity contribution in [3.8, 4) is 16.9 Å². The van der Waals surface area contributed by atoms with Gasteiger partial charge in [0.2, 0.25) is 10.0 Å². The highest BCUT2D eigenvalue weighted by molar-refractivity contribution is 7.89. The van der Waals surface area contributed by atoms with Crippen LogP contribution in [-0.4, -0.2) is 51.3 Å². The number of hydrogen-bond donors (Lipinski definition) is 1. The lowest BCUT2D eigenvalue weighted by atomic mass is 9.96. The number of amides is 1. The summed E-state index contributed by atoms with van der Waals surface area (Å²) < 4.78 is 73.2. The third-order valence-corrected chi connectivity index (χ3v) is 7.61. The maximum absolute atomic E-state index is 13.0. The zero-order valence-corrected chi connectivity index (χ0v) is 20.0. The number of ether oxygens (including phenoxy) is 2. The summed E-state index contributed by atoms with van der Waals surface area (Å²) in [6.45, 7) is 3.00. The second-order valence-corrected chi connectivity index (χ2v) is 9.98. The Morgan fingerprint density at radius 3 is 2.22 bits per heavy atom. The summed E-state index contributed by atoms with van der Waals surface area (Å²) in [5.74, 6) is -0.743. The van der Waals surface area contributed by atoms with E-state index in [2.05, 4.69) is 10.1 Å². The van der Waals surface area contributed by atoms with Gasteiger partial charge in [0.05, 0.1) is 18.1 Å². The van der Waals surface area contributed by atoms with E-state index in [0.29, 0.717) is 41.2 Å². The van der Waals surface area contributed by atoms with Gasteiger partial charge in [-0.25, -0.2) is 8.42 Å². The molecule has 4 rings (SSSR count). The Morgan fingerprint density at radius 1 is 0.972 bits per heavy atom. The van der Waals surface area contributed by atoms with Gasteiger partial charge in [-0.05, 0) is 66.1 Å². The van der Waals surface area contributed by atoms with Gasteiger partial charge in [-0.15, -0.1) is 13.2 Å². The molecule has 1 saturated heterocycles. The lowest BCUT2D eigenvalue weighted by Crippen LogP contribution is -2.40. The van der Waals surface area contributed by atoms with Crippen LogP contribution in [0.5, 0.6) is 5.75 Å². The van der Waals surface area contributed by atoms with Crippen LogP contribution in [0.3, 0.4) is 0 Å². The summed E-state index contributed by atoms with van der Waals surface area (Å²) in [5, 5.41) is 2.76. The maximum Gasteiger partial charge on any atom is 0.573 e. The summed E-state index contributed by atoms with van der Waals surface area (Å²) in [4.78, 5) is 13.1. The molecule has 190 valence electrons. The predicted molar refractivity (Wildman–Crippen MR) is 127 cm³/mol. The van der Waals surface area contributed by atoms with Crippen LogP contribution in [0.1, 0.15) is 15.9 Å². The van der Waals surface area contributed by atoms with Gasteiger partial charge in [0, 0.05) is 24.3 Å². The van der Waals surface area contributed by atoms with Crippen molar-refractivity contribution in [3.63, 3.8) is 0 Å². The molecule has 1 amide bonds. The van der Waals surface area contributed by atoms with E-state index < -0.39 is 22.3 Å². The van der Waals surface area contributed by atoms with E-state index in [-0.39, 0.29) is 23.7 Å². The molecule has 11 heteroatoms. The third kappa shape index (κ3) is 5.86. The van der Waals surface area contributed by atoms with E-state index in [4.69, 9.17) is 4.74 Å². The molecular formula is C25H23F3N2O5S. The highest BCUT2D eigenvalue weighted by Crippen LogP contribution is 2.30. The van der Waals surface area contributed by atoms with Gasteiger partial charge in [0.1, 0.15) is 5.75 Å². The Bertz CT molecular complexity index is 1340. The number of anilines is 1. The minimum Gasteiger partial charge on any atom is -0.406 e. The lowest BCUT2D eigenvalue weighted by molar-refractivity contribution is -0.274. The molecule has 0 saturated carbocycles. The molecule has 0 unspecified atom stereocenters. The molecule has 0 aromatic heterocycles. The Balaban J connectivity index is 1.49. The molecule has 36 heavy (non-hydrogen) atoms. The van der Waals surface area contributed by atoms with Crippen molar-refractivity contribution in [2.45, 2.75) is 18.2 Å². The van der Waals surface area contributed by atoms with Crippen molar-refractivity contribution in [2.24, 2.45) is 0 Å². The fraction of sp³-hybridized carbons (Fsp3) is 0.240. The van der Waals surface area contributed by atoms with Crippen LogP contribution in [0, 0.1) is 6.92 Å². The number of halogens is 3. The van der Waals surface area contributed by atoms with Gasteiger partial charge in [-0.1, -0.05) is 24.3 Å². The fourth-order valence-corrected chi connectivity index (χ4v) is 5.28. The number of rotatable bonds is 6. The van der Waals surface area contributed by atoms with Crippen LogP contribution < -0.4 is 10.1 Å². The van der Waals surface area contributed by atoms with Crippen molar-refractivity contribution in [1.29, 1.82) is 0 Å². The van der Waals surface area contributed by atoms with Crippen molar-refractivity contribution < 1.29 is 35.9 Å². The highest BCUT2D eigenvalue weighted by atomic mass is 32.2. The molecule has 1 aliphatic rings. The zero-order valence-electron chi connectivity index (χ0n) is 19.2. The molecule has 1 N–H and O–H groups in total. The molecular weight excluding hydrogens is 497 g/mol. The van der Waals surface area contributed by atoms with E-state index in [1.54, 1.807) is 25.1 Å². The van der Waals surface area contributed by atoms with Gasteiger partial charge in [-0.3, -0.25) is 4.79 Å². The Labute approximate surface area is 206 Å². The first-order valence-corrected chi connectivity index (χ1v) is 12.4. The van der Waals surface area contributed by atoms with Crippen molar-refractivity contribution in [1.82, 2.24) is 4.31 Å². The standard InChI is InChI=1S/C25H23F3N2O5S/c1-17-22(18-5-9-20(10-6-18)35-25(26,27)28)3-2-4-23(17)24(31)29-19-7-11-21(12-8-19)36(32,33)30-13-15-34-16-14-30/h2-12H,13-16H2,1H3,(H,29,31). The summed E-state index contributed by atoms with van der Waals surface area (Å²) in [5.41, 5.74) is 2.71. The van der Waals surface area contributed by atoms with E-state index >= 15 is 0 Å². The summed E-state index contributed by atoms with van der Waals surface area (Å²) in [6, 6.07) is 16.4. The minimum absolute atomic E-state index is 0.124. The van der Waals surface area contributed by atoms with Gasteiger partial charge in [0.15, 0.2) is 0 Å². The van der Waals surface area contributed by atoms with E-state index in [1.807, 2.05) is 0 Å². The first kappa shape index (κ1) is 25.7. The number of alkyl halides is 3. The largest absolute Gasteiger partial charge is 0.573 e. The molecule has 1 aliphatic heterocycles. The Kier molecular flexibility index (Phi) is 7.34. The Morgan fingerprint density at radius 2 is 1.61 bits per heavy atom. The van der Waals surface area contributed by atoms with Crippen molar-refractivity contribution in [3.05, 3.63) is 77.9 Å². The fourth-order valence-electron chi connectivity index (χ4n) is 3.88. The van der Waals surface area contributed by atoms with Gasteiger partial charge in [0.25, 0.3) is 5.91 Å². The number of sulfonamides is 1. The van der Waals surface area contributed by atoms with Crippen LogP contribution in [0.4, 0.5) is 18.9 Å². The SMILES string of the molecule is Cc1c(C(=O)Nc2ccc(S(=O)(=O)N3CCOCC3)cc2)cccc1-c1ccc(OC(F)(F)F)cc1. The number of benzene rings is 3. The van der Waals surface area contributed by atoms with Gasteiger partial charge >= 0.3 is 6.36 Å². The number of carbonyl (C=O) groups excluding carboxylic acids is 1. The molecule has 0 spiro atoms. The summed E-state index contributed by atoms with van der Waals surface area (Å²) in [6.07, 6.45) is -4.78. The molecule has 1 fully saturated rings. The quantitative estimate of drug-likeness (QED) is 0.503. The van der Waals surface area contributed by atoms with Gasteiger partial charge < -0.3 is 14.8 Å². The molecule has 0 atom stereocenters. The van der Waals surface area contributed by atoms with Crippen LogP contribution >= 0.6 is 0 Å². The summed E-state index contributed by atoms with van der Waals surface area (Å²) in [7, 11) is -3.65. The van der Waals surface area contributed by atoms with E-state index in [0.717, 1.165) is 0 Å². The smallest absolute Gasteiger partial charge is 0.406 e. The van der Waals surface area contributed by atoms with Crippen molar-refractivity contribution in [2.75, 3.05) is 31.6 Å². The summed E-state index contributed by atoms with van der Waals surface area (Å²) >= 11 is 0. The van der Waals surface area contributed by atoms with Crippen LogP contribution in [0.15, 0.2) is 71.6 Å². The number of carbonyl (C=O) groups is 1. The molecule has 3 aromatic carbocycles. The first-order chi connectivity index (χ1) is 17.0. The van der Waals surface area contributed by atoms with Crippen LogP contribution in [0.2, 0.25) is 0 Å². The molecule has 0 aliphatic carbocycles. The Hall–Kier alpha value is -3.41. The monoisotopic (exact) mass is 520 g/mol. The third-order valence-electron chi connectivity index (χ3n) is 5.70. The first-order valence-electron chi connectivity index (χ1n) is 11.0. The van der Waals surface area contributed by atoms with Crippen molar-refractivity contribution >= 4 is 21.6 Å². The molecule has 7 nitrogen and oxygen atoms in total. The number of nitrogens with one attached hydrogen (secondary N) is 1. The van der Waals surface area contributed by atoms with Crippen LogP contribution in [0.25, 0.3) is 11.1 Å². The van der Waals surface area contributed by atoms with E-state index in [9.17, 15) is 26.4 Å². The molecule has 0 radical (unpaired) electrons. The second-order valence-electron chi connectivity index (χ2n) is 8.05. The number of nitrogens with zero attached hydrogens (tertiary/aromatic N) is 1. The molecule has 1 heterocycles. The van der Waals surface area contributed by atoms with Crippen LogP contribution in [-0.2, 0) is 14.8 Å². The normalized spacial score (nSPS) is 14.9. The second kappa shape index (κ2) is 10.3. The average Bonchev–Trinajstić information content (AvgIpc) is 2.85. The zero-order chi connectivity index (χ0) is 25.9. The minimum atomic E-state index is -4.78. The molecule has 0 bridgehead atoms. The predicted octanol–water partition coefficient (Wildman–Crippen LogP) is 4.83. The maximum atomic E-state index is 13.0. The average molecular weight is 521 g/mol. The van der Waals surface area contributed by atoms with Gasteiger partial charge in [-0.2, -0.15) is 4.31 Å². The lowest BCUT2D eigenvalue weighted by Gasteiger charge is -2.26.